The maximum Gasteiger partial charge on any atom is 0.251 e. The van der Waals surface area contributed by atoms with E-state index in [0.29, 0.717) is 33.0 Å². The second-order valence-electron chi connectivity index (χ2n) is 6.27. The number of rotatable bonds is 8. The second kappa shape index (κ2) is 10.1. The van der Waals surface area contributed by atoms with Crippen LogP contribution in [-0.2, 0) is 11.3 Å². The maximum absolute atomic E-state index is 12.2. The number of hydrogen-bond donors (Lipinski definition) is 3. The third kappa shape index (κ3) is 5.98. The van der Waals surface area contributed by atoms with Crippen molar-refractivity contribution in [3.05, 3.63) is 64.4 Å². The van der Waals surface area contributed by atoms with Gasteiger partial charge in [-0.2, -0.15) is 0 Å². The van der Waals surface area contributed by atoms with Gasteiger partial charge in [0.25, 0.3) is 5.91 Å². The molecule has 3 aromatic rings. The van der Waals surface area contributed by atoms with Crippen LogP contribution in [0.2, 0.25) is 5.02 Å². The molecule has 10 heteroatoms. The van der Waals surface area contributed by atoms with E-state index in [1.54, 1.807) is 43.5 Å². The molecule has 0 aliphatic carbocycles. The Labute approximate surface area is 182 Å². The van der Waals surface area contributed by atoms with Crippen molar-refractivity contribution < 1.29 is 14.3 Å². The van der Waals surface area contributed by atoms with Crippen LogP contribution < -0.4 is 15.4 Å². The Bertz CT molecular complexity index is 1040. The predicted molar refractivity (Wildman–Crippen MR) is 116 cm³/mol. The Morgan fingerprint density at radius 2 is 1.97 bits per heavy atom. The Kier molecular flexibility index (Phi) is 7.31. The van der Waals surface area contributed by atoms with Crippen molar-refractivity contribution in [3.8, 4) is 5.75 Å². The number of nitrogens with zero attached hydrogens (tertiary/aromatic N) is 2. The molecule has 3 N–H and O–H groups in total. The summed E-state index contributed by atoms with van der Waals surface area (Å²) in [6.07, 6.45) is 0. The van der Waals surface area contributed by atoms with Gasteiger partial charge in [0.2, 0.25) is 11.1 Å². The summed E-state index contributed by atoms with van der Waals surface area (Å²) in [6, 6.07) is 12.1. The molecule has 0 saturated carbocycles. The summed E-state index contributed by atoms with van der Waals surface area (Å²) in [5, 5.41) is 13.4. The molecular weight excluding hydrogens is 426 g/mol. The van der Waals surface area contributed by atoms with E-state index in [1.165, 1.54) is 11.8 Å². The number of anilines is 1. The number of aromatic amines is 1. The largest absolute Gasteiger partial charge is 0.497 e. The maximum atomic E-state index is 12.2. The molecule has 0 bridgehead atoms. The van der Waals surface area contributed by atoms with Crippen molar-refractivity contribution >= 4 is 40.9 Å². The molecule has 0 spiro atoms. The lowest BCUT2D eigenvalue weighted by molar-refractivity contribution is -0.113. The standard InChI is InChI=1S/C20H20ClN5O3S/c1-12-3-6-14(21)9-16(12)23-18(27)11-30-20-24-17(25-26-20)10-22-19(28)13-4-7-15(29-2)8-5-13/h3-9H,10-11H2,1-2H3,(H,22,28)(H,23,27)(H,24,25,26). The summed E-state index contributed by atoms with van der Waals surface area (Å²) >= 11 is 7.15. The SMILES string of the molecule is COc1ccc(C(=O)NCc2nc(SCC(=O)Nc3cc(Cl)ccc3C)n[nH]2)cc1. The van der Waals surface area contributed by atoms with E-state index in [0.717, 1.165) is 5.56 Å². The average molecular weight is 446 g/mol. The van der Waals surface area contributed by atoms with Crippen LogP contribution in [-0.4, -0.2) is 39.9 Å². The predicted octanol–water partition coefficient (Wildman–Crippen LogP) is 3.44. The molecule has 3 rings (SSSR count). The number of carbonyl (C=O) groups excluding carboxylic acids is 2. The molecule has 0 aliphatic heterocycles. The van der Waals surface area contributed by atoms with E-state index in [4.69, 9.17) is 16.3 Å². The Hall–Kier alpha value is -3.04. The average Bonchev–Trinajstić information content (AvgIpc) is 3.21. The van der Waals surface area contributed by atoms with Crippen LogP contribution in [0.25, 0.3) is 0 Å². The normalized spacial score (nSPS) is 10.5. The molecule has 0 aliphatic rings. The minimum absolute atomic E-state index is 0.140. The number of amides is 2. The number of thioether (sulfide) groups is 1. The molecule has 8 nitrogen and oxygen atoms in total. The van der Waals surface area contributed by atoms with Gasteiger partial charge in [-0.3, -0.25) is 14.7 Å². The third-order valence-electron chi connectivity index (χ3n) is 4.09. The number of halogens is 1. The lowest BCUT2D eigenvalue weighted by Gasteiger charge is -2.07. The summed E-state index contributed by atoms with van der Waals surface area (Å²) in [5.74, 6) is 0.883. The van der Waals surface area contributed by atoms with Gasteiger partial charge in [0.1, 0.15) is 11.6 Å². The quantitative estimate of drug-likeness (QED) is 0.458. The third-order valence-corrected chi connectivity index (χ3v) is 5.17. The van der Waals surface area contributed by atoms with E-state index < -0.39 is 0 Å². The summed E-state index contributed by atoms with van der Waals surface area (Å²) < 4.78 is 5.07. The Balaban J connectivity index is 1.47. The first-order valence-electron chi connectivity index (χ1n) is 8.97. The zero-order valence-corrected chi connectivity index (χ0v) is 17.9. The van der Waals surface area contributed by atoms with Crippen LogP contribution >= 0.6 is 23.4 Å². The fourth-order valence-corrected chi connectivity index (χ4v) is 3.26. The smallest absolute Gasteiger partial charge is 0.251 e. The lowest BCUT2D eigenvalue weighted by Crippen LogP contribution is -2.23. The van der Waals surface area contributed by atoms with E-state index >= 15 is 0 Å². The molecule has 0 unspecified atom stereocenters. The van der Waals surface area contributed by atoms with Gasteiger partial charge in [0, 0.05) is 16.3 Å². The lowest BCUT2D eigenvalue weighted by atomic mass is 10.2. The van der Waals surface area contributed by atoms with Crippen LogP contribution in [0.15, 0.2) is 47.6 Å². The van der Waals surface area contributed by atoms with Crippen LogP contribution in [0, 0.1) is 6.92 Å². The van der Waals surface area contributed by atoms with Crippen molar-refractivity contribution in [1.82, 2.24) is 20.5 Å². The molecule has 1 aromatic heterocycles. The number of H-pyrrole nitrogens is 1. The Morgan fingerprint density at radius 1 is 1.20 bits per heavy atom. The number of ether oxygens (including phenoxy) is 1. The van der Waals surface area contributed by atoms with Crippen LogP contribution in [0.5, 0.6) is 5.75 Å². The second-order valence-corrected chi connectivity index (χ2v) is 7.65. The zero-order valence-electron chi connectivity index (χ0n) is 16.4. The summed E-state index contributed by atoms with van der Waals surface area (Å²) in [4.78, 5) is 28.6. The highest BCUT2D eigenvalue weighted by molar-refractivity contribution is 7.99. The number of benzene rings is 2. The van der Waals surface area contributed by atoms with Gasteiger partial charge in [-0.05, 0) is 48.9 Å². The van der Waals surface area contributed by atoms with E-state index in [2.05, 4.69) is 25.8 Å². The monoisotopic (exact) mass is 445 g/mol. The minimum Gasteiger partial charge on any atom is -0.497 e. The molecule has 156 valence electrons. The highest BCUT2D eigenvalue weighted by atomic mass is 35.5. The molecule has 2 aromatic carbocycles. The van der Waals surface area contributed by atoms with Crippen LogP contribution in [0.3, 0.4) is 0 Å². The first kappa shape index (κ1) is 21.7. The van der Waals surface area contributed by atoms with Crippen molar-refractivity contribution in [2.24, 2.45) is 0 Å². The fourth-order valence-electron chi connectivity index (χ4n) is 2.48. The van der Waals surface area contributed by atoms with Crippen LogP contribution in [0.4, 0.5) is 5.69 Å². The number of hydrogen-bond acceptors (Lipinski definition) is 6. The fraction of sp³-hybridized carbons (Fsp3) is 0.200. The van der Waals surface area contributed by atoms with Crippen molar-refractivity contribution in [3.63, 3.8) is 0 Å². The summed E-state index contributed by atoms with van der Waals surface area (Å²) in [6.45, 7) is 2.08. The van der Waals surface area contributed by atoms with Gasteiger partial charge >= 0.3 is 0 Å². The van der Waals surface area contributed by atoms with E-state index in [9.17, 15) is 9.59 Å². The molecular formula is C20H20ClN5O3S. The van der Waals surface area contributed by atoms with Gasteiger partial charge in [-0.1, -0.05) is 29.4 Å². The first-order chi connectivity index (χ1) is 14.4. The summed E-state index contributed by atoms with van der Waals surface area (Å²) in [5.41, 5.74) is 2.11. The van der Waals surface area contributed by atoms with Crippen molar-refractivity contribution in [2.45, 2.75) is 18.6 Å². The van der Waals surface area contributed by atoms with Gasteiger partial charge in [-0.15, -0.1) is 5.10 Å². The molecule has 1 heterocycles. The highest BCUT2D eigenvalue weighted by Gasteiger charge is 2.11. The topological polar surface area (TPSA) is 109 Å². The molecule has 2 amide bonds. The van der Waals surface area contributed by atoms with Gasteiger partial charge in [-0.25, -0.2) is 4.98 Å². The highest BCUT2D eigenvalue weighted by Crippen LogP contribution is 2.21. The molecule has 0 saturated heterocycles. The van der Waals surface area contributed by atoms with Gasteiger partial charge in [0.15, 0.2) is 0 Å². The number of aromatic nitrogens is 3. The van der Waals surface area contributed by atoms with Gasteiger partial charge in [0.05, 0.1) is 19.4 Å². The molecule has 0 fully saturated rings. The molecule has 0 atom stereocenters. The zero-order chi connectivity index (χ0) is 21.5. The van der Waals surface area contributed by atoms with Crippen molar-refractivity contribution in [2.75, 3.05) is 18.2 Å². The van der Waals surface area contributed by atoms with E-state index in [1.807, 2.05) is 13.0 Å². The number of aryl methyl sites for hydroxylation is 1. The minimum atomic E-state index is -0.237. The van der Waals surface area contributed by atoms with E-state index in [-0.39, 0.29) is 24.1 Å². The Morgan fingerprint density at radius 3 is 2.70 bits per heavy atom. The first-order valence-corrected chi connectivity index (χ1v) is 10.3. The van der Waals surface area contributed by atoms with Gasteiger partial charge < -0.3 is 15.4 Å². The number of nitrogens with one attached hydrogen (secondary N) is 3. The number of carbonyl (C=O) groups is 2. The summed E-state index contributed by atoms with van der Waals surface area (Å²) in [7, 11) is 1.57. The molecule has 0 radical (unpaired) electrons. The van der Waals surface area contributed by atoms with Crippen molar-refractivity contribution in [1.29, 1.82) is 0 Å². The van der Waals surface area contributed by atoms with Crippen LogP contribution in [0.1, 0.15) is 21.7 Å². The molecule has 30 heavy (non-hydrogen) atoms. The number of methoxy groups -OCH3 is 1.